The van der Waals surface area contributed by atoms with Crippen molar-refractivity contribution in [3.63, 3.8) is 0 Å². The normalized spacial score (nSPS) is 10.8. The monoisotopic (exact) mass is 274 g/mol. The van der Waals surface area contributed by atoms with Crippen molar-refractivity contribution in [2.24, 2.45) is 0 Å². The van der Waals surface area contributed by atoms with Crippen LogP contribution in [0.2, 0.25) is 0 Å². The average molecular weight is 274 g/mol. The predicted molar refractivity (Wildman–Crippen MR) is 87.0 cm³/mol. The molecule has 2 nitrogen and oxygen atoms in total. The highest BCUT2D eigenvalue weighted by molar-refractivity contribution is 5.67. The Morgan fingerprint density at radius 2 is 1.14 bits per heavy atom. The molecule has 0 saturated carbocycles. The Hall–Kier alpha value is -2.48. The quantitative estimate of drug-likeness (QED) is 0.676. The highest BCUT2D eigenvalue weighted by atomic mass is 14.8. The molecule has 104 valence electrons. The van der Waals surface area contributed by atoms with E-state index < -0.39 is 0 Å². The van der Waals surface area contributed by atoms with E-state index in [0.717, 1.165) is 11.4 Å². The average Bonchev–Trinajstić information content (AvgIpc) is 2.56. The number of hydrogen-bond acceptors (Lipinski definition) is 2. The lowest BCUT2D eigenvalue weighted by atomic mass is 9.98. The summed E-state index contributed by atoms with van der Waals surface area (Å²) < 4.78 is 0. The molecule has 21 heavy (non-hydrogen) atoms. The van der Waals surface area contributed by atoms with Crippen molar-refractivity contribution in [2.45, 2.75) is 19.8 Å². The van der Waals surface area contributed by atoms with E-state index in [1.54, 1.807) is 12.4 Å². The van der Waals surface area contributed by atoms with Crippen LogP contribution in [0.25, 0.3) is 22.5 Å². The second-order valence-corrected chi connectivity index (χ2v) is 5.43. The summed E-state index contributed by atoms with van der Waals surface area (Å²) in [7, 11) is 0. The minimum Gasteiger partial charge on any atom is -0.237 e. The zero-order chi connectivity index (χ0) is 14.7. The van der Waals surface area contributed by atoms with Gasteiger partial charge in [-0.25, -0.2) is 9.97 Å². The fourth-order valence-corrected chi connectivity index (χ4v) is 2.32. The van der Waals surface area contributed by atoms with Gasteiger partial charge in [-0.3, -0.25) is 0 Å². The van der Waals surface area contributed by atoms with E-state index in [9.17, 15) is 0 Å². The predicted octanol–water partition coefficient (Wildman–Crippen LogP) is 4.93. The van der Waals surface area contributed by atoms with E-state index in [-0.39, 0.29) is 0 Å². The Bertz CT molecular complexity index is 699. The molecule has 0 atom stereocenters. The third-order valence-electron chi connectivity index (χ3n) is 3.62. The fraction of sp³-hybridized carbons (Fsp3) is 0.158. The molecule has 0 N–H and O–H groups in total. The molecule has 0 bridgehead atoms. The maximum absolute atomic E-state index is 4.27. The summed E-state index contributed by atoms with van der Waals surface area (Å²) in [4.78, 5) is 8.54. The first-order chi connectivity index (χ1) is 10.2. The molecule has 1 heterocycles. The maximum atomic E-state index is 4.27. The Balaban J connectivity index is 1.87. The van der Waals surface area contributed by atoms with E-state index in [1.165, 1.54) is 16.7 Å². The van der Waals surface area contributed by atoms with E-state index in [2.05, 4.69) is 72.3 Å². The van der Waals surface area contributed by atoms with Gasteiger partial charge in [0.25, 0.3) is 0 Å². The molecule has 3 rings (SSSR count). The van der Waals surface area contributed by atoms with Gasteiger partial charge in [0.2, 0.25) is 0 Å². The van der Waals surface area contributed by atoms with Crippen molar-refractivity contribution in [2.75, 3.05) is 0 Å². The van der Waals surface area contributed by atoms with E-state index in [0.29, 0.717) is 5.92 Å². The van der Waals surface area contributed by atoms with Crippen LogP contribution in [0, 0.1) is 0 Å². The van der Waals surface area contributed by atoms with Crippen molar-refractivity contribution < 1.29 is 0 Å². The van der Waals surface area contributed by atoms with E-state index >= 15 is 0 Å². The van der Waals surface area contributed by atoms with Gasteiger partial charge in [0, 0.05) is 18.0 Å². The fourth-order valence-electron chi connectivity index (χ4n) is 2.32. The molecule has 0 aliphatic carbocycles. The van der Waals surface area contributed by atoms with Crippen LogP contribution in [0.5, 0.6) is 0 Å². The molecule has 3 aromatic rings. The number of rotatable bonds is 3. The van der Waals surface area contributed by atoms with Gasteiger partial charge in [0.05, 0.1) is 0 Å². The smallest absolute Gasteiger partial charge is 0.159 e. The molecule has 2 heteroatoms. The number of hydrogen-bond donors (Lipinski definition) is 0. The van der Waals surface area contributed by atoms with Crippen LogP contribution in [0.4, 0.5) is 0 Å². The molecule has 2 aromatic carbocycles. The van der Waals surface area contributed by atoms with Crippen LogP contribution in [-0.2, 0) is 0 Å². The van der Waals surface area contributed by atoms with Crippen LogP contribution in [0.1, 0.15) is 25.3 Å². The van der Waals surface area contributed by atoms with E-state index in [1.807, 2.05) is 6.07 Å². The Labute approximate surface area is 125 Å². The molecule has 0 amide bonds. The molecule has 0 radical (unpaired) electrons. The van der Waals surface area contributed by atoms with Crippen molar-refractivity contribution in [3.8, 4) is 22.5 Å². The van der Waals surface area contributed by atoms with Gasteiger partial charge in [-0.1, -0.05) is 62.4 Å². The summed E-state index contributed by atoms with van der Waals surface area (Å²) in [6, 6.07) is 19.0. The summed E-state index contributed by atoms with van der Waals surface area (Å²) in [5, 5.41) is 0. The third kappa shape index (κ3) is 3.00. The number of aromatic nitrogens is 2. The van der Waals surface area contributed by atoms with Gasteiger partial charge in [-0.15, -0.1) is 0 Å². The minimum absolute atomic E-state index is 0.566. The van der Waals surface area contributed by atoms with Crippen molar-refractivity contribution in [3.05, 3.63) is 72.6 Å². The van der Waals surface area contributed by atoms with Gasteiger partial charge >= 0.3 is 0 Å². The second kappa shape index (κ2) is 5.88. The van der Waals surface area contributed by atoms with Gasteiger partial charge in [-0.05, 0) is 28.7 Å². The topological polar surface area (TPSA) is 25.8 Å². The van der Waals surface area contributed by atoms with Crippen LogP contribution in [0.15, 0.2) is 67.0 Å². The maximum Gasteiger partial charge on any atom is 0.159 e. The Morgan fingerprint density at radius 1 is 0.667 bits per heavy atom. The minimum atomic E-state index is 0.566. The zero-order valence-corrected chi connectivity index (χ0v) is 12.3. The van der Waals surface area contributed by atoms with E-state index in [4.69, 9.17) is 0 Å². The molecular formula is C19H18N2. The number of nitrogens with zero attached hydrogens (tertiary/aromatic N) is 2. The zero-order valence-electron chi connectivity index (χ0n) is 12.3. The highest BCUT2D eigenvalue weighted by Crippen LogP contribution is 2.24. The summed E-state index contributed by atoms with van der Waals surface area (Å²) in [6.07, 6.45) is 3.53. The van der Waals surface area contributed by atoms with Crippen molar-refractivity contribution >= 4 is 0 Å². The standard InChI is InChI=1S/C19H18N2/c1-14(2)15-4-6-16(7-5-15)17-8-10-18(11-9-17)19-20-12-3-13-21-19/h3-14H,1-2H3. The SMILES string of the molecule is CC(C)c1ccc(-c2ccc(-c3ncccn3)cc2)cc1. The van der Waals surface area contributed by atoms with Crippen LogP contribution in [-0.4, -0.2) is 9.97 Å². The Kier molecular flexibility index (Phi) is 3.78. The van der Waals surface area contributed by atoms with Crippen LogP contribution < -0.4 is 0 Å². The molecule has 1 aromatic heterocycles. The molecule has 0 aliphatic heterocycles. The lowest BCUT2D eigenvalue weighted by molar-refractivity contribution is 0.867. The molecule has 0 saturated heterocycles. The van der Waals surface area contributed by atoms with Crippen molar-refractivity contribution in [1.82, 2.24) is 9.97 Å². The summed E-state index contributed by atoms with van der Waals surface area (Å²) >= 11 is 0. The van der Waals surface area contributed by atoms with Gasteiger partial charge in [0.1, 0.15) is 0 Å². The lowest BCUT2D eigenvalue weighted by Crippen LogP contribution is -1.88. The first kappa shape index (κ1) is 13.5. The molecular weight excluding hydrogens is 256 g/mol. The third-order valence-corrected chi connectivity index (χ3v) is 3.62. The second-order valence-electron chi connectivity index (χ2n) is 5.43. The summed E-state index contributed by atoms with van der Waals surface area (Å²) in [5.74, 6) is 1.33. The highest BCUT2D eigenvalue weighted by Gasteiger charge is 2.03. The summed E-state index contributed by atoms with van der Waals surface area (Å²) in [6.45, 7) is 4.42. The largest absolute Gasteiger partial charge is 0.237 e. The molecule has 0 spiro atoms. The summed E-state index contributed by atoms with van der Waals surface area (Å²) in [5.41, 5.74) is 4.86. The number of benzene rings is 2. The van der Waals surface area contributed by atoms with Gasteiger partial charge in [-0.2, -0.15) is 0 Å². The molecule has 0 unspecified atom stereocenters. The first-order valence-corrected chi connectivity index (χ1v) is 7.22. The van der Waals surface area contributed by atoms with Gasteiger partial charge < -0.3 is 0 Å². The van der Waals surface area contributed by atoms with Crippen molar-refractivity contribution in [1.29, 1.82) is 0 Å². The van der Waals surface area contributed by atoms with Crippen LogP contribution in [0.3, 0.4) is 0 Å². The molecule has 0 fully saturated rings. The Morgan fingerprint density at radius 3 is 1.67 bits per heavy atom. The van der Waals surface area contributed by atoms with Gasteiger partial charge in [0.15, 0.2) is 5.82 Å². The lowest BCUT2D eigenvalue weighted by Gasteiger charge is -2.07. The van der Waals surface area contributed by atoms with Crippen LogP contribution >= 0.6 is 0 Å². The molecule has 0 aliphatic rings. The first-order valence-electron chi connectivity index (χ1n) is 7.22.